The van der Waals surface area contributed by atoms with E-state index in [1.807, 2.05) is 11.0 Å². The lowest BCUT2D eigenvalue weighted by molar-refractivity contribution is -0.142. The first kappa shape index (κ1) is 28.4. The maximum Gasteiger partial charge on any atom is 0.251 e. The molecule has 2 amide bonds. The summed E-state index contributed by atoms with van der Waals surface area (Å²) in [6.45, 7) is 8.24. The minimum absolute atomic E-state index is 0.0261. The molecule has 4 aromatic rings. The molecule has 1 fully saturated rings. The van der Waals surface area contributed by atoms with Gasteiger partial charge < -0.3 is 14.8 Å². The molecule has 1 saturated heterocycles. The van der Waals surface area contributed by atoms with Gasteiger partial charge in [0.1, 0.15) is 5.82 Å². The fraction of sp³-hybridized carbons (Fsp3) is 0.438. The molecule has 0 radical (unpaired) electrons. The number of hydrogen-bond donors (Lipinski definition) is 2. The number of halogens is 2. The van der Waals surface area contributed by atoms with Gasteiger partial charge in [-0.2, -0.15) is 5.10 Å². The maximum absolute atomic E-state index is 14.4. The molecule has 0 bridgehead atoms. The molecule has 2 aliphatic rings. The van der Waals surface area contributed by atoms with Gasteiger partial charge in [0, 0.05) is 48.9 Å². The molecule has 2 aromatic carbocycles. The summed E-state index contributed by atoms with van der Waals surface area (Å²) < 4.78 is 14.4. The molecule has 0 unspecified atom stereocenters. The number of nitrogens with one attached hydrogen (secondary N) is 2. The van der Waals surface area contributed by atoms with Crippen LogP contribution in [-0.2, 0) is 22.6 Å². The highest BCUT2D eigenvalue weighted by molar-refractivity contribution is 6.35. The van der Waals surface area contributed by atoms with Crippen LogP contribution in [-0.4, -0.2) is 56.4 Å². The minimum atomic E-state index is -0.509. The Labute approximate surface area is 248 Å². The van der Waals surface area contributed by atoms with Crippen LogP contribution in [0.1, 0.15) is 62.6 Å². The van der Waals surface area contributed by atoms with E-state index in [2.05, 4.69) is 36.0 Å². The number of H-pyrrole nitrogens is 2. The van der Waals surface area contributed by atoms with Crippen LogP contribution in [0.5, 0.6) is 0 Å². The van der Waals surface area contributed by atoms with E-state index in [1.54, 1.807) is 29.3 Å². The zero-order valence-corrected chi connectivity index (χ0v) is 24.9. The topological polar surface area (TPSA) is 102 Å². The van der Waals surface area contributed by atoms with Gasteiger partial charge in [0.15, 0.2) is 0 Å². The van der Waals surface area contributed by atoms with Crippen molar-refractivity contribution in [1.82, 2.24) is 25.0 Å². The second kappa shape index (κ2) is 10.8. The molecule has 0 saturated carbocycles. The number of likely N-dealkylation sites (tertiary alicyclic amines) is 1. The van der Waals surface area contributed by atoms with Crippen LogP contribution in [0.2, 0.25) is 5.02 Å². The first-order chi connectivity index (χ1) is 20.0. The van der Waals surface area contributed by atoms with Crippen LogP contribution in [0.4, 0.5) is 4.39 Å². The van der Waals surface area contributed by atoms with Gasteiger partial charge in [-0.3, -0.25) is 19.5 Å². The molecule has 8 nitrogen and oxygen atoms in total. The van der Waals surface area contributed by atoms with Crippen LogP contribution < -0.4 is 5.56 Å². The average Bonchev–Trinajstić information content (AvgIpc) is 3.40. The number of aromatic amines is 2. The van der Waals surface area contributed by atoms with Crippen LogP contribution in [0.25, 0.3) is 21.8 Å². The molecule has 2 aliphatic heterocycles. The van der Waals surface area contributed by atoms with Crippen LogP contribution in [0.3, 0.4) is 0 Å². The lowest BCUT2D eigenvalue weighted by Crippen LogP contribution is -2.43. The quantitative estimate of drug-likeness (QED) is 0.325. The van der Waals surface area contributed by atoms with E-state index >= 15 is 0 Å². The summed E-state index contributed by atoms with van der Waals surface area (Å²) in [7, 11) is 0. The molecule has 10 heteroatoms. The Morgan fingerprint density at radius 1 is 1.14 bits per heavy atom. The van der Waals surface area contributed by atoms with Crippen LogP contribution >= 0.6 is 11.6 Å². The molecule has 220 valence electrons. The summed E-state index contributed by atoms with van der Waals surface area (Å²) in [4.78, 5) is 46.8. The van der Waals surface area contributed by atoms with Crippen molar-refractivity contribution in [2.75, 3.05) is 19.6 Å². The first-order valence-corrected chi connectivity index (χ1v) is 14.9. The van der Waals surface area contributed by atoms with Crippen molar-refractivity contribution in [3.63, 3.8) is 0 Å². The maximum atomic E-state index is 14.4. The zero-order chi connectivity index (χ0) is 29.8. The van der Waals surface area contributed by atoms with Crippen molar-refractivity contribution >= 4 is 45.2 Å². The highest BCUT2D eigenvalue weighted by atomic mass is 35.5. The van der Waals surface area contributed by atoms with Crippen LogP contribution in [0.15, 0.2) is 41.3 Å². The number of benzene rings is 2. The van der Waals surface area contributed by atoms with Gasteiger partial charge in [-0.15, -0.1) is 0 Å². The number of nitrogens with zero attached hydrogens (tertiary/aromatic N) is 3. The molecule has 2 aromatic heterocycles. The molecule has 6 rings (SSSR count). The fourth-order valence-corrected chi connectivity index (χ4v) is 6.86. The van der Waals surface area contributed by atoms with Crippen molar-refractivity contribution in [2.45, 2.75) is 58.9 Å². The Bertz CT molecular complexity index is 1750. The second-order valence-electron chi connectivity index (χ2n) is 12.9. The third kappa shape index (κ3) is 5.42. The van der Waals surface area contributed by atoms with E-state index in [0.29, 0.717) is 66.9 Å². The minimum Gasteiger partial charge on any atom is -0.343 e. The molecular formula is C32H35ClFN5O3. The number of carbonyl (C=O) groups is 2. The molecule has 0 aliphatic carbocycles. The van der Waals surface area contributed by atoms with Gasteiger partial charge in [-0.25, -0.2) is 4.39 Å². The number of aromatic nitrogens is 3. The lowest BCUT2D eigenvalue weighted by atomic mass is 9.88. The number of piperidine rings is 1. The number of fused-ring (bicyclic) bond motifs is 4. The van der Waals surface area contributed by atoms with Gasteiger partial charge in [-0.05, 0) is 66.0 Å². The molecule has 42 heavy (non-hydrogen) atoms. The number of pyridine rings is 1. The highest BCUT2D eigenvalue weighted by Gasteiger charge is 2.36. The van der Waals surface area contributed by atoms with Gasteiger partial charge in [0.2, 0.25) is 11.8 Å². The van der Waals surface area contributed by atoms with Gasteiger partial charge in [-0.1, -0.05) is 38.4 Å². The Balaban J connectivity index is 1.20. The standard InChI is InChI=1S/C32H35ClFN5O3/c1-32(2,3)17-39-16-24-19(12-25(33)29-23(24)15-35-37-29)11-20(31(39)42)13-28(40)38-9-7-18(8-10-38)21-14-22-26(34)5-4-6-27(22)36-30(21)41/h4-6,12,14-15,18,20H,7-11,13,16-17H2,1-3H3,(H,35,37)(H,36,41)/t20-/m0/s1. The summed E-state index contributed by atoms with van der Waals surface area (Å²) >= 11 is 6.57. The largest absolute Gasteiger partial charge is 0.343 e. The fourth-order valence-electron chi connectivity index (χ4n) is 6.59. The summed E-state index contributed by atoms with van der Waals surface area (Å²) in [5.41, 5.74) is 3.43. The number of hydrogen-bond acceptors (Lipinski definition) is 4. The molecule has 4 heterocycles. The van der Waals surface area contributed by atoms with E-state index in [1.165, 1.54) is 6.07 Å². The van der Waals surface area contributed by atoms with Gasteiger partial charge >= 0.3 is 0 Å². The molecule has 2 N–H and O–H groups in total. The van der Waals surface area contributed by atoms with Gasteiger partial charge in [0.05, 0.1) is 28.2 Å². The monoisotopic (exact) mass is 591 g/mol. The van der Waals surface area contributed by atoms with Crippen molar-refractivity contribution in [2.24, 2.45) is 11.3 Å². The number of carbonyl (C=O) groups excluding carboxylic acids is 2. The zero-order valence-electron chi connectivity index (χ0n) is 24.1. The third-order valence-corrected chi connectivity index (χ3v) is 8.90. The molecule has 0 spiro atoms. The first-order valence-electron chi connectivity index (χ1n) is 14.5. The number of rotatable bonds is 4. The smallest absolute Gasteiger partial charge is 0.251 e. The Kier molecular flexibility index (Phi) is 7.33. The summed E-state index contributed by atoms with van der Waals surface area (Å²) in [5.74, 6) is -1.05. The Morgan fingerprint density at radius 3 is 2.64 bits per heavy atom. The van der Waals surface area contributed by atoms with E-state index in [4.69, 9.17) is 11.6 Å². The molecular weight excluding hydrogens is 557 g/mol. The summed E-state index contributed by atoms with van der Waals surface area (Å²) in [6.07, 6.45) is 3.48. The average molecular weight is 592 g/mol. The summed E-state index contributed by atoms with van der Waals surface area (Å²) in [6, 6.07) is 8.20. The van der Waals surface area contributed by atoms with E-state index in [0.717, 1.165) is 22.0 Å². The SMILES string of the molecule is CC(C)(C)CN1Cc2c(cc(Cl)c3[nH]ncc23)C[C@@H](CC(=O)N2CCC(c3cc4c(F)cccc4[nH]c3=O)CC2)C1=O. The predicted octanol–water partition coefficient (Wildman–Crippen LogP) is 5.54. The van der Waals surface area contributed by atoms with E-state index < -0.39 is 5.92 Å². The highest BCUT2D eigenvalue weighted by Crippen LogP contribution is 2.36. The van der Waals surface area contributed by atoms with Crippen LogP contribution in [0, 0.1) is 17.2 Å². The molecule has 1 atom stereocenters. The van der Waals surface area contributed by atoms with E-state index in [9.17, 15) is 18.8 Å². The van der Waals surface area contributed by atoms with Crippen molar-refractivity contribution in [3.05, 3.63) is 74.4 Å². The third-order valence-electron chi connectivity index (χ3n) is 8.60. The normalized spacial score (nSPS) is 18.5. The Hall–Kier alpha value is -3.72. The van der Waals surface area contributed by atoms with Gasteiger partial charge in [0.25, 0.3) is 5.56 Å². The van der Waals surface area contributed by atoms with E-state index in [-0.39, 0.29) is 40.9 Å². The van der Waals surface area contributed by atoms with Crippen molar-refractivity contribution in [1.29, 1.82) is 0 Å². The Morgan fingerprint density at radius 2 is 1.90 bits per heavy atom. The predicted molar refractivity (Wildman–Crippen MR) is 161 cm³/mol. The number of amides is 2. The van der Waals surface area contributed by atoms with Crippen molar-refractivity contribution in [3.8, 4) is 0 Å². The second-order valence-corrected chi connectivity index (χ2v) is 13.3. The summed E-state index contributed by atoms with van der Waals surface area (Å²) in [5, 5.41) is 9.00. The lowest BCUT2D eigenvalue weighted by Gasteiger charge is -2.34. The van der Waals surface area contributed by atoms with Crippen molar-refractivity contribution < 1.29 is 14.0 Å².